The molecule has 3 atom stereocenters. The number of hydrogen-bond donors (Lipinski definition) is 0. The highest BCUT2D eigenvalue weighted by molar-refractivity contribution is 5.82. The number of fused-ring (bicyclic) bond motifs is 1. The minimum Gasteiger partial charge on any atom is -0.354 e. The zero-order valence-electron chi connectivity index (χ0n) is 8.70. The number of nitrogens with zero attached hydrogens (tertiary/aromatic N) is 1. The van der Waals surface area contributed by atoms with Crippen LogP contribution in [0.25, 0.3) is 0 Å². The van der Waals surface area contributed by atoms with Gasteiger partial charge in [0.15, 0.2) is 0 Å². The maximum Gasteiger partial charge on any atom is 0.228 e. The molecule has 2 saturated heterocycles. The normalized spacial score (nSPS) is 42.6. The molecular formula is C10H17NO2. The van der Waals surface area contributed by atoms with E-state index in [-0.39, 0.29) is 17.6 Å². The van der Waals surface area contributed by atoms with Crippen LogP contribution in [-0.4, -0.2) is 29.2 Å². The van der Waals surface area contributed by atoms with E-state index in [1.807, 2.05) is 25.7 Å². The monoisotopic (exact) mass is 183 g/mol. The van der Waals surface area contributed by atoms with E-state index in [1.54, 1.807) is 0 Å². The van der Waals surface area contributed by atoms with Gasteiger partial charge in [0.1, 0.15) is 5.72 Å². The highest BCUT2D eigenvalue weighted by Crippen LogP contribution is 2.40. The molecule has 0 N–H and O–H groups in total. The van der Waals surface area contributed by atoms with E-state index in [2.05, 4.69) is 6.92 Å². The molecule has 2 aliphatic rings. The minimum atomic E-state index is -0.388. The number of rotatable bonds is 0. The van der Waals surface area contributed by atoms with E-state index in [0.717, 1.165) is 0 Å². The van der Waals surface area contributed by atoms with E-state index in [0.29, 0.717) is 18.6 Å². The number of hydrogen-bond acceptors (Lipinski definition) is 2. The van der Waals surface area contributed by atoms with Gasteiger partial charge in [-0.1, -0.05) is 13.8 Å². The van der Waals surface area contributed by atoms with E-state index >= 15 is 0 Å². The van der Waals surface area contributed by atoms with Gasteiger partial charge >= 0.3 is 0 Å². The van der Waals surface area contributed by atoms with Crippen molar-refractivity contribution in [2.24, 2.45) is 11.8 Å². The van der Waals surface area contributed by atoms with Crippen LogP contribution in [0.3, 0.4) is 0 Å². The Balaban J connectivity index is 2.33. The van der Waals surface area contributed by atoms with Crippen LogP contribution in [0.2, 0.25) is 0 Å². The summed E-state index contributed by atoms with van der Waals surface area (Å²) >= 11 is 0. The maximum atomic E-state index is 11.9. The lowest BCUT2D eigenvalue weighted by atomic mass is 9.94. The van der Waals surface area contributed by atoms with Crippen LogP contribution in [0.1, 0.15) is 27.7 Å². The third-order valence-corrected chi connectivity index (χ3v) is 3.54. The fourth-order valence-electron chi connectivity index (χ4n) is 2.43. The van der Waals surface area contributed by atoms with Gasteiger partial charge in [-0.15, -0.1) is 0 Å². The van der Waals surface area contributed by atoms with Crippen LogP contribution in [0.4, 0.5) is 0 Å². The molecule has 1 unspecified atom stereocenters. The first-order valence-electron chi connectivity index (χ1n) is 4.92. The molecule has 0 radical (unpaired) electrons. The van der Waals surface area contributed by atoms with Gasteiger partial charge in [0.05, 0.1) is 12.6 Å². The van der Waals surface area contributed by atoms with E-state index < -0.39 is 0 Å². The fourth-order valence-corrected chi connectivity index (χ4v) is 2.43. The summed E-state index contributed by atoms with van der Waals surface area (Å²) in [6.07, 6.45) is 0. The van der Waals surface area contributed by atoms with E-state index in [4.69, 9.17) is 4.74 Å². The van der Waals surface area contributed by atoms with E-state index in [1.165, 1.54) is 0 Å². The third-order valence-electron chi connectivity index (χ3n) is 3.54. The Labute approximate surface area is 79.0 Å². The van der Waals surface area contributed by atoms with Crippen molar-refractivity contribution < 1.29 is 9.53 Å². The van der Waals surface area contributed by atoms with E-state index in [9.17, 15) is 4.79 Å². The van der Waals surface area contributed by atoms with Crippen LogP contribution in [0.15, 0.2) is 0 Å². The zero-order valence-corrected chi connectivity index (χ0v) is 8.70. The Bertz CT molecular complexity index is 249. The first kappa shape index (κ1) is 9.00. The van der Waals surface area contributed by atoms with Gasteiger partial charge in [-0.05, 0) is 19.8 Å². The summed E-state index contributed by atoms with van der Waals surface area (Å²) in [7, 11) is 0. The largest absolute Gasteiger partial charge is 0.354 e. The SMILES string of the molecule is CC1C(=O)N2[C@H](COC2(C)C)[C@@H]1C. The number of carbonyl (C=O) groups excluding carboxylic acids is 1. The Hall–Kier alpha value is -0.570. The van der Waals surface area contributed by atoms with Crippen molar-refractivity contribution in [2.45, 2.75) is 39.5 Å². The standard InChI is InChI=1S/C10H17NO2/c1-6-7(2)9(12)11-8(6)5-13-10(11,3)4/h6-8H,5H2,1-4H3/t6-,7?,8-/m1/s1. The first-order chi connectivity index (χ1) is 5.95. The van der Waals surface area contributed by atoms with Gasteiger partial charge in [0.25, 0.3) is 0 Å². The van der Waals surface area contributed by atoms with Gasteiger partial charge in [-0.3, -0.25) is 4.79 Å². The molecule has 0 saturated carbocycles. The Morgan fingerprint density at radius 1 is 1.46 bits per heavy atom. The molecule has 0 aromatic carbocycles. The molecule has 0 bridgehead atoms. The second-order valence-corrected chi connectivity index (χ2v) is 4.68. The summed E-state index contributed by atoms with van der Waals surface area (Å²) < 4.78 is 5.60. The van der Waals surface area contributed by atoms with Crippen molar-refractivity contribution in [2.75, 3.05) is 6.61 Å². The summed E-state index contributed by atoms with van der Waals surface area (Å²) in [4.78, 5) is 13.8. The molecule has 74 valence electrons. The zero-order chi connectivity index (χ0) is 9.80. The van der Waals surface area contributed by atoms with Gasteiger partial charge in [0.2, 0.25) is 5.91 Å². The smallest absolute Gasteiger partial charge is 0.228 e. The van der Waals surface area contributed by atoms with Gasteiger partial charge < -0.3 is 9.64 Å². The summed E-state index contributed by atoms with van der Waals surface area (Å²) in [5.74, 6) is 0.836. The lowest BCUT2D eigenvalue weighted by Gasteiger charge is -2.29. The molecule has 0 aromatic heterocycles. The van der Waals surface area contributed by atoms with Crippen LogP contribution < -0.4 is 0 Å². The summed E-state index contributed by atoms with van der Waals surface area (Å²) in [6, 6.07) is 0.303. The van der Waals surface area contributed by atoms with Gasteiger partial charge in [0, 0.05) is 5.92 Å². The molecule has 0 aromatic rings. The van der Waals surface area contributed by atoms with Crippen molar-refractivity contribution in [3.05, 3.63) is 0 Å². The molecule has 2 rings (SSSR count). The lowest BCUT2D eigenvalue weighted by Crippen LogP contribution is -2.44. The molecule has 0 aliphatic carbocycles. The highest BCUT2D eigenvalue weighted by atomic mass is 16.5. The predicted molar refractivity (Wildman–Crippen MR) is 49.0 cm³/mol. The van der Waals surface area contributed by atoms with Crippen LogP contribution in [0, 0.1) is 11.8 Å². The average Bonchev–Trinajstić information content (AvgIpc) is 2.46. The Morgan fingerprint density at radius 2 is 2.08 bits per heavy atom. The molecule has 0 spiro atoms. The average molecular weight is 183 g/mol. The summed E-state index contributed by atoms with van der Waals surface area (Å²) in [6.45, 7) is 8.79. The minimum absolute atomic E-state index is 0.160. The topological polar surface area (TPSA) is 29.5 Å². The Kier molecular flexibility index (Phi) is 1.71. The molecule has 3 heteroatoms. The van der Waals surface area contributed by atoms with Crippen molar-refractivity contribution in [3.63, 3.8) is 0 Å². The predicted octanol–water partition coefficient (Wildman–Crippen LogP) is 1.24. The quantitative estimate of drug-likeness (QED) is 0.565. The summed E-state index contributed by atoms with van der Waals surface area (Å²) in [5, 5.41) is 0. The maximum absolute atomic E-state index is 11.9. The molecule has 2 heterocycles. The van der Waals surface area contributed by atoms with Crippen LogP contribution >= 0.6 is 0 Å². The fraction of sp³-hybridized carbons (Fsp3) is 0.900. The first-order valence-corrected chi connectivity index (χ1v) is 4.92. The molecule has 2 fully saturated rings. The number of carbonyl (C=O) groups is 1. The van der Waals surface area contributed by atoms with Crippen LogP contribution in [0.5, 0.6) is 0 Å². The van der Waals surface area contributed by atoms with Crippen LogP contribution in [-0.2, 0) is 9.53 Å². The second kappa shape index (κ2) is 2.47. The lowest BCUT2D eigenvalue weighted by molar-refractivity contribution is -0.144. The molecular weight excluding hydrogens is 166 g/mol. The highest BCUT2D eigenvalue weighted by Gasteiger charge is 2.53. The number of ether oxygens (including phenoxy) is 1. The van der Waals surface area contributed by atoms with Crippen molar-refractivity contribution in [1.82, 2.24) is 4.90 Å². The third kappa shape index (κ3) is 1.03. The number of amides is 1. The summed E-state index contributed by atoms with van der Waals surface area (Å²) in [5.41, 5.74) is -0.388. The molecule has 1 amide bonds. The second-order valence-electron chi connectivity index (χ2n) is 4.68. The molecule has 13 heavy (non-hydrogen) atoms. The van der Waals surface area contributed by atoms with Crippen molar-refractivity contribution >= 4 is 5.91 Å². The van der Waals surface area contributed by atoms with Gasteiger partial charge in [-0.25, -0.2) is 0 Å². The van der Waals surface area contributed by atoms with Gasteiger partial charge in [-0.2, -0.15) is 0 Å². The molecule has 2 aliphatic heterocycles. The Morgan fingerprint density at radius 3 is 2.62 bits per heavy atom. The van der Waals surface area contributed by atoms with Crippen molar-refractivity contribution in [1.29, 1.82) is 0 Å². The van der Waals surface area contributed by atoms with Crippen molar-refractivity contribution in [3.8, 4) is 0 Å². The molecule has 3 nitrogen and oxygen atoms in total.